The molecule has 1 atom stereocenters. The summed E-state index contributed by atoms with van der Waals surface area (Å²) in [7, 11) is 0. The van der Waals surface area contributed by atoms with E-state index in [-0.39, 0.29) is 5.91 Å². The molecular formula is C17H15ClN2O2. The lowest BCUT2D eigenvalue weighted by Gasteiger charge is -2.15. The molecule has 2 aromatic rings. The zero-order valence-electron chi connectivity index (χ0n) is 12.0. The Morgan fingerprint density at radius 1 is 1.23 bits per heavy atom. The number of hydrogen-bond donors (Lipinski definition) is 1. The number of carbonyl (C=O) groups excluding carboxylic acids is 1. The number of benzene rings is 2. The number of amides is 1. The van der Waals surface area contributed by atoms with Crippen LogP contribution in [0.1, 0.15) is 12.5 Å². The van der Waals surface area contributed by atoms with Crippen LogP contribution in [0.2, 0.25) is 5.02 Å². The minimum atomic E-state index is -0.639. The number of anilines is 1. The van der Waals surface area contributed by atoms with Gasteiger partial charge in [-0.05, 0) is 48.9 Å². The molecule has 0 spiro atoms. The summed E-state index contributed by atoms with van der Waals surface area (Å²) >= 11 is 5.80. The summed E-state index contributed by atoms with van der Waals surface area (Å²) in [6, 6.07) is 16.1. The van der Waals surface area contributed by atoms with Crippen molar-refractivity contribution in [2.45, 2.75) is 19.4 Å². The highest BCUT2D eigenvalue weighted by Gasteiger charge is 2.14. The molecule has 0 bridgehead atoms. The van der Waals surface area contributed by atoms with E-state index in [0.717, 1.165) is 5.56 Å². The van der Waals surface area contributed by atoms with Gasteiger partial charge in [0.2, 0.25) is 0 Å². The molecule has 5 heteroatoms. The van der Waals surface area contributed by atoms with Crippen molar-refractivity contribution in [3.05, 3.63) is 59.1 Å². The fourth-order valence-corrected chi connectivity index (χ4v) is 1.94. The molecule has 4 nitrogen and oxygen atoms in total. The van der Waals surface area contributed by atoms with Crippen LogP contribution in [0.5, 0.6) is 5.75 Å². The van der Waals surface area contributed by atoms with E-state index >= 15 is 0 Å². The van der Waals surface area contributed by atoms with Crippen molar-refractivity contribution >= 4 is 23.2 Å². The molecule has 2 aromatic carbocycles. The number of hydrogen-bond acceptors (Lipinski definition) is 3. The first-order valence-corrected chi connectivity index (χ1v) is 7.15. The average Bonchev–Trinajstić information content (AvgIpc) is 2.51. The van der Waals surface area contributed by atoms with E-state index in [1.54, 1.807) is 43.3 Å². The summed E-state index contributed by atoms with van der Waals surface area (Å²) in [4.78, 5) is 12.1. The monoisotopic (exact) mass is 314 g/mol. The second kappa shape index (κ2) is 7.48. The molecule has 0 saturated heterocycles. The molecule has 0 aliphatic carbocycles. The Labute approximate surface area is 134 Å². The van der Waals surface area contributed by atoms with E-state index in [9.17, 15) is 4.79 Å². The maximum atomic E-state index is 12.1. The van der Waals surface area contributed by atoms with Crippen LogP contribution < -0.4 is 10.1 Å². The Morgan fingerprint density at radius 3 is 2.45 bits per heavy atom. The van der Waals surface area contributed by atoms with Crippen LogP contribution in [0, 0.1) is 11.3 Å². The van der Waals surface area contributed by atoms with E-state index in [1.807, 2.05) is 12.1 Å². The van der Waals surface area contributed by atoms with Crippen molar-refractivity contribution in [2.24, 2.45) is 0 Å². The second-order valence-electron chi connectivity index (χ2n) is 4.74. The molecule has 1 unspecified atom stereocenters. The molecule has 1 N–H and O–H groups in total. The van der Waals surface area contributed by atoms with Gasteiger partial charge in [-0.3, -0.25) is 4.79 Å². The highest BCUT2D eigenvalue weighted by atomic mass is 35.5. The lowest BCUT2D eigenvalue weighted by Crippen LogP contribution is -2.30. The van der Waals surface area contributed by atoms with Crippen LogP contribution in [0.4, 0.5) is 5.69 Å². The third kappa shape index (κ3) is 4.51. The zero-order valence-corrected chi connectivity index (χ0v) is 12.8. The maximum Gasteiger partial charge on any atom is 0.265 e. The zero-order chi connectivity index (χ0) is 15.9. The lowest BCUT2D eigenvalue weighted by atomic mass is 10.1. The minimum absolute atomic E-state index is 0.247. The lowest BCUT2D eigenvalue weighted by molar-refractivity contribution is -0.122. The maximum absolute atomic E-state index is 12.1. The van der Waals surface area contributed by atoms with E-state index in [2.05, 4.69) is 11.4 Å². The van der Waals surface area contributed by atoms with Gasteiger partial charge in [0.05, 0.1) is 12.5 Å². The summed E-state index contributed by atoms with van der Waals surface area (Å²) in [5.74, 6) is 0.333. The number of ether oxygens (including phenoxy) is 1. The van der Waals surface area contributed by atoms with Gasteiger partial charge in [0.25, 0.3) is 5.91 Å². The van der Waals surface area contributed by atoms with Crippen LogP contribution in [-0.2, 0) is 11.2 Å². The largest absolute Gasteiger partial charge is 0.481 e. The first kappa shape index (κ1) is 15.9. The molecule has 22 heavy (non-hydrogen) atoms. The molecule has 0 radical (unpaired) electrons. The minimum Gasteiger partial charge on any atom is -0.481 e. The molecule has 0 aliphatic rings. The van der Waals surface area contributed by atoms with Gasteiger partial charge in [0, 0.05) is 10.7 Å². The summed E-state index contributed by atoms with van der Waals surface area (Å²) in [5.41, 5.74) is 1.57. The molecule has 1 amide bonds. The Kier molecular flexibility index (Phi) is 5.40. The van der Waals surface area contributed by atoms with Gasteiger partial charge in [-0.1, -0.05) is 23.7 Å². The van der Waals surface area contributed by atoms with Gasteiger partial charge < -0.3 is 10.1 Å². The van der Waals surface area contributed by atoms with Crippen molar-refractivity contribution in [3.8, 4) is 11.8 Å². The highest BCUT2D eigenvalue weighted by Crippen LogP contribution is 2.17. The van der Waals surface area contributed by atoms with Crippen LogP contribution >= 0.6 is 11.6 Å². The molecule has 0 aromatic heterocycles. The quantitative estimate of drug-likeness (QED) is 0.912. The van der Waals surface area contributed by atoms with E-state index in [4.69, 9.17) is 21.6 Å². The van der Waals surface area contributed by atoms with Gasteiger partial charge in [-0.15, -0.1) is 0 Å². The average molecular weight is 315 g/mol. The molecule has 0 fully saturated rings. The van der Waals surface area contributed by atoms with Gasteiger partial charge in [-0.2, -0.15) is 5.26 Å². The van der Waals surface area contributed by atoms with Gasteiger partial charge >= 0.3 is 0 Å². The molecular weight excluding hydrogens is 300 g/mol. The molecule has 0 aliphatic heterocycles. The molecule has 2 rings (SSSR count). The highest BCUT2D eigenvalue weighted by molar-refractivity contribution is 6.30. The smallest absolute Gasteiger partial charge is 0.265 e. The van der Waals surface area contributed by atoms with Crippen LogP contribution in [0.3, 0.4) is 0 Å². The standard InChI is InChI=1S/C17H15ClN2O2/c1-12(22-16-8-4-14(18)5-9-16)17(21)20-15-6-2-13(3-7-15)10-11-19/h2-9,12H,10H2,1H3,(H,20,21). The SMILES string of the molecule is CC(Oc1ccc(Cl)cc1)C(=O)Nc1ccc(CC#N)cc1. The van der Waals surface area contributed by atoms with E-state index in [1.165, 1.54) is 0 Å². The number of rotatable bonds is 5. The van der Waals surface area contributed by atoms with Crippen LogP contribution in [0.25, 0.3) is 0 Å². The van der Waals surface area contributed by atoms with Crippen molar-refractivity contribution in [1.82, 2.24) is 0 Å². The topological polar surface area (TPSA) is 62.1 Å². The summed E-state index contributed by atoms with van der Waals surface area (Å²) < 4.78 is 5.55. The molecule has 0 saturated carbocycles. The first-order chi connectivity index (χ1) is 10.6. The van der Waals surface area contributed by atoms with Gasteiger partial charge in [0.15, 0.2) is 6.10 Å². The van der Waals surface area contributed by atoms with E-state index in [0.29, 0.717) is 22.9 Å². The predicted molar refractivity (Wildman–Crippen MR) is 85.9 cm³/mol. The number of halogens is 1. The van der Waals surface area contributed by atoms with Crippen molar-refractivity contribution in [2.75, 3.05) is 5.32 Å². The third-order valence-electron chi connectivity index (χ3n) is 3.00. The number of carbonyl (C=O) groups is 1. The van der Waals surface area contributed by atoms with Gasteiger partial charge in [0.1, 0.15) is 5.75 Å². The molecule has 0 heterocycles. The fraction of sp³-hybridized carbons (Fsp3) is 0.176. The van der Waals surface area contributed by atoms with E-state index < -0.39 is 6.10 Å². The Morgan fingerprint density at radius 2 is 1.86 bits per heavy atom. The van der Waals surface area contributed by atoms with Crippen molar-refractivity contribution < 1.29 is 9.53 Å². The second-order valence-corrected chi connectivity index (χ2v) is 5.17. The molecule has 112 valence electrons. The fourth-order valence-electron chi connectivity index (χ4n) is 1.81. The van der Waals surface area contributed by atoms with Gasteiger partial charge in [-0.25, -0.2) is 0 Å². The predicted octanol–water partition coefficient (Wildman–Crippen LogP) is 3.81. The first-order valence-electron chi connectivity index (χ1n) is 6.77. The third-order valence-corrected chi connectivity index (χ3v) is 3.25. The van der Waals surface area contributed by atoms with Crippen LogP contribution in [-0.4, -0.2) is 12.0 Å². The Balaban J connectivity index is 1.93. The normalized spacial score (nSPS) is 11.3. The number of nitriles is 1. The summed E-state index contributed by atoms with van der Waals surface area (Å²) in [5, 5.41) is 12.0. The summed E-state index contributed by atoms with van der Waals surface area (Å²) in [6.45, 7) is 1.67. The van der Waals surface area contributed by atoms with Crippen molar-refractivity contribution in [3.63, 3.8) is 0 Å². The van der Waals surface area contributed by atoms with Crippen LogP contribution in [0.15, 0.2) is 48.5 Å². The summed E-state index contributed by atoms with van der Waals surface area (Å²) in [6.07, 6.45) is -0.287. The number of nitrogens with zero attached hydrogens (tertiary/aromatic N) is 1. The number of nitrogens with one attached hydrogen (secondary N) is 1. The van der Waals surface area contributed by atoms with Crippen molar-refractivity contribution in [1.29, 1.82) is 5.26 Å². The Hall–Kier alpha value is -2.51. The Bertz CT molecular complexity index is 675.